The minimum absolute atomic E-state index is 0.242. The van der Waals surface area contributed by atoms with Crippen LogP contribution in [0.5, 0.6) is 0 Å². The Kier molecular flexibility index (Phi) is 4.30. The zero-order chi connectivity index (χ0) is 18.8. The van der Waals surface area contributed by atoms with Gasteiger partial charge < -0.3 is 9.72 Å². The van der Waals surface area contributed by atoms with E-state index in [1.165, 1.54) is 0 Å². The number of para-hydroxylation sites is 1. The van der Waals surface area contributed by atoms with Gasteiger partial charge in [-0.3, -0.25) is 4.79 Å². The highest BCUT2D eigenvalue weighted by Crippen LogP contribution is 2.20. The predicted molar refractivity (Wildman–Crippen MR) is 101 cm³/mol. The molecule has 0 amide bonds. The molecule has 2 aromatic carbocycles. The van der Waals surface area contributed by atoms with Crippen molar-refractivity contribution in [2.45, 2.75) is 13.0 Å². The highest BCUT2D eigenvalue weighted by molar-refractivity contribution is 6.10. The van der Waals surface area contributed by atoms with Crippen LogP contribution in [0.1, 0.15) is 27.6 Å². The molecule has 27 heavy (non-hydrogen) atoms. The van der Waals surface area contributed by atoms with Crippen LogP contribution in [0, 0.1) is 0 Å². The smallest absolute Gasteiger partial charge is 0.338 e. The number of esters is 1. The molecule has 0 saturated carbocycles. The molecule has 0 radical (unpaired) electrons. The third-order valence-electron chi connectivity index (χ3n) is 4.38. The van der Waals surface area contributed by atoms with Gasteiger partial charge in [-0.2, -0.15) is 5.10 Å². The molecule has 4 rings (SSSR count). The number of Topliss-reactive ketones (excluding diaryl/α,β-unsaturated/α-hetero) is 1. The molecule has 6 heteroatoms. The summed E-state index contributed by atoms with van der Waals surface area (Å²) in [7, 11) is 0. The van der Waals surface area contributed by atoms with E-state index in [9.17, 15) is 9.59 Å². The summed E-state index contributed by atoms with van der Waals surface area (Å²) in [5, 5.41) is 4.95. The number of nitrogens with zero attached hydrogens (tertiary/aromatic N) is 2. The molecule has 0 fully saturated rings. The fourth-order valence-corrected chi connectivity index (χ4v) is 2.95. The summed E-state index contributed by atoms with van der Waals surface area (Å²) in [5.74, 6) is -0.781. The van der Waals surface area contributed by atoms with Gasteiger partial charge in [0.15, 0.2) is 6.10 Å². The van der Waals surface area contributed by atoms with Gasteiger partial charge in [-0.25, -0.2) is 9.48 Å². The molecule has 0 saturated heterocycles. The standard InChI is InChI=1S/C21H17N3O3/c1-14(20(25)18-13-22-19-6-3-2-5-17(18)19)27-21(26)15-7-9-16(10-8-15)24-12-4-11-23-24/h2-14,22H,1H3/t14-/m1/s1. The second-order valence-corrected chi connectivity index (χ2v) is 6.16. The number of hydrogen-bond acceptors (Lipinski definition) is 4. The van der Waals surface area contributed by atoms with Gasteiger partial charge in [0.05, 0.1) is 11.3 Å². The van der Waals surface area contributed by atoms with E-state index < -0.39 is 12.1 Å². The van der Waals surface area contributed by atoms with Crippen molar-refractivity contribution in [2.75, 3.05) is 0 Å². The number of aromatic nitrogens is 3. The van der Waals surface area contributed by atoms with E-state index in [1.54, 1.807) is 48.3 Å². The zero-order valence-electron chi connectivity index (χ0n) is 14.6. The zero-order valence-corrected chi connectivity index (χ0v) is 14.6. The summed E-state index contributed by atoms with van der Waals surface area (Å²) in [4.78, 5) is 28.1. The van der Waals surface area contributed by atoms with Crippen molar-refractivity contribution in [3.05, 3.63) is 84.3 Å². The maximum absolute atomic E-state index is 12.7. The van der Waals surface area contributed by atoms with Crippen molar-refractivity contribution >= 4 is 22.7 Å². The third kappa shape index (κ3) is 3.25. The Hall–Kier alpha value is -3.67. The molecule has 4 aromatic rings. The van der Waals surface area contributed by atoms with Gasteiger partial charge in [-0.15, -0.1) is 0 Å². The van der Waals surface area contributed by atoms with Crippen molar-refractivity contribution in [2.24, 2.45) is 0 Å². The highest BCUT2D eigenvalue weighted by atomic mass is 16.5. The van der Waals surface area contributed by atoms with Gasteiger partial charge in [0.1, 0.15) is 0 Å². The number of ether oxygens (including phenoxy) is 1. The molecule has 0 unspecified atom stereocenters. The summed E-state index contributed by atoms with van der Waals surface area (Å²) in [6.07, 6.45) is 4.26. The first kappa shape index (κ1) is 16.8. The number of hydrogen-bond donors (Lipinski definition) is 1. The number of fused-ring (bicyclic) bond motifs is 1. The molecular formula is C21H17N3O3. The number of aromatic amines is 1. The lowest BCUT2D eigenvalue weighted by Gasteiger charge is -2.12. The van der Waals surface area contributed by atoms with Crippen LogP contribution in [0.2, 0.25) is 0 Å². The molecule has 0 aliphatic heterocycles. The predicted octanol–water partition coefficient (Wildman–Crippen LogP) is 3.78. The van der Waals surface area contributed by atoms with E-state index in [-0.39, 0.29) is 5.78 Å². The molecule has 134 valence electrons. The van der Waals surface area contributed by atoms with E-state index in [1.807, 2.05) is 36.5 Å². The van der Waals surface area contributed by atoms with E-state index in [0.717, 1.165) is 16.6 Å². The Labute approximate surface area is 155 Å². The second-order valence-electron chi connectivity index (χ2n) is 6.16. The minimum atomic E-state index is -0.887. The Bertz CT molecular complexity index is 1100. The summed E-state index contributed by atoms with van der Waals surface area (Å²) < 4.78 is 7.07. The monoisotopic (exact) mass is 359 g/mol. The molecule has 0 spiro atoms. The topological polar surface area (TPSA) is 77.0 Å². The number of carbonyl (C=O) groups excluding carboxylic acids is 2. The van der Waals surface area contributed by atoms with Crippen LogP contribution in [0.3, 0.4) is 0 Å². The number of carbonyl (C=O) groups is 2. The van der Waals surface area contributed by atoms with Crippen molar-refractivity contribution in [3.8, 4) is 5.69 Å². The van der Waals surface area contributed by atoms with E-state index >= 15 is 0 Å². The van der Waals surface area contributed by atoms with Crippen molar-refractivity contribution < 1.29 is 14.3 Å². The van der Waals surface area contributed by atoms with Crippen molar-refractivity contribution in [1.29, 1.82) is 0 Å². The third-order valence-corrected chi connectivity index (χ3v) is 4.38. The molecule has 2 aromatic heterocycles. The summed E-state index contributed by atoms with van der Waals surface area (Å²) in [6, 6.07) is 16.2. The molecule has 1 atom stereocenters. The average Bonchev–Trinajstić information content (AvgIpc) is 3.37. The number of rotatable bonds is 5. The number of nitrogens with one attached hydrogen (secondary N) is 1. The van der Waals surface area contributed by atoms with Crippen LogP contribution in [-0.4, -0.2) is 32.6 Å². The molecule has 0 bridgehead atoms. The molecule has 2 heterocycles. The molecular weight excluding hydrogens is 342 g/mol. The average molecular weight is 359 g/mol. The fourth-order valence-electron chi connectivity index (χ4n) is 2.95. The first-order valence-electron chi connectivity index (χ1n) is 8.55. The number of H-pyrrole nitrogens is 1. The fraction of sp³-hybridized carbons (Fsp3) is 0.0952. The molecule has 1 N–H and O–H groups in total. The van der Waals surface area contributed by atoms with Crippen LogP contribution < -0.4 is 0 Å². The quantitative estimate of drug-likeness (QED) is 0.434. The Morgan fingerprint density at radius 3 is 2.59 bits per heavy atom. The maximum Gasteiger partial charge on any atom is 0.338 e. The van der Waals surface area contributed by atoms with Gasteiger partial charge >= 0.3 is 5.97 Å². The summed E-state index contributed by atoms with van der Waals surface area (Å²) >= 11 is 0. The van der Waals surface area contributed by atoms with Crippen LogP contribution in [-0.2, 0) is 4.74 Å². The number of benzene rings is 2. The van der Waals surface area contributed by atoms with Gasteiger partial charge in [0.2, 0.25) is 5.78 Å². The Morgan fingerprint density at radius 1 is 1.07 bits per heavy atom. The molecule has 0 aliphatic carbocycles. The molecule has 0 aliphatic rings. The normalized spacial score (nSPS) is 12.0. The highest BCUT2D eigenvalue weighted by Gasteiger charge is 2.22. The Balaban J connectivity index is 1.48. The van der Waals surface area contributed by atoms with Crippen LogP contribution in [0.4, 0.5) is 0 Å². The van der Waals surface area contributed by atoms with Gasteiger partial charge in [-0.05, 0) is 43.3 Å². The van der Waals surface area contributed by atoms with Gasteiger partial charge in [0.25, 0.3) is 0 Å². The Morgan fingerprint density at radius 2 is 1.85 bits per heavy atom. The summed E-state index contributed by atoms with van der Waals surface area (Å²) in [5.41, 5.74) is 2.59. The van der Waals surface area contributed by atoms with Crippen molar-refractivity contribution in [1.82, 2.24) is 14.8 Å². The lowest BCUT2D eigenvalue weighted by molar-refractivity contribution is 0.0319. The SMILES string of the molecule is C[C@@H](OC(=O)c1ccc(-n2cccn2)cc1)C(=O)c1c[nH]c2ccccc12. The lowest BCUT2D eigenvalue weighted by Crippen LogP contribution is -2.24. The van der Waals surface area contributed by atoms with E-state index in [4.69, 9.17) is 4.74 Å². The largest absolute Gasteiger partial charge is 0.451 e. The van der Waals surface area contributed by atoms with Gasteiger partial charge in [0, 0.05) is 35.1 Å². The van der Waals surface area contributed by atoms with Gasteiger partial charge in [-0.1, -0.05) is 18.2 Å². The minimum Gasteiger partial charge on any atom is -0.451 e. The maximum atomic E-state index is 12.7. The van der Waals surface area contributed by atoms with Crippen LogP contribution in [0.25, 0.3) is 16.6 Å². The van der Waals surface area contributed by atoms with E-state index in [2.05, 4.69) is 10.1 Å². The first-order valence-corrected chi connectivity index (χ1v) is 8.55. The second kappa shape index (κ2) is 6.92. The number of ketones is 1. The lowest BCUT2D eigenvalue weighted by atomic mass is 10.1. The van der Waals surface area contributed by atoms with Crippen LogP contribution in [0.15, 0.2) is 73.2 Å². The van der Waals surface area contributed by atoms with E-state index in [0.29, 0.717) is 11.1 Å². The van der Waals surface area contributed by atoms with Crippen molar-refractivity contribution in [3.63, 3.8) is 0 Å². The van der Waals surface area contributed by atoms with Crippen LogP contribution >= 0.6 is 0 Å². The molecule has 6 nitrogen and oxygen atoms in total. The summed E-state index contributed by atoms with van der Waals surface area (Å²) in [6.45, 7) is 1.58. The first-order chi connectivity index (χ1) is 13.1.